The van der Waals surface area contributed by atoms with Crippen LogP contribution in [0.3, 0.4) is 0 Å². The van der Waals surface area contributed by atoms with Gasteiger partial charge in [-0.3, -0.25) is 9.59 Å². The van der Waals surface area contributed by atoms with Crippen molar-refractivity contribution >= 4 is 11.7 Å². The molecule has 2 aromatic carbocycles. The molecule has 36 heavy (non-hydrogen) atoms. The monoisotopic (exact) mass is 560 g/mol. The molecule has 7 heteroatoms. The first-order chi connectivity index (χ1) is 16.7. The van der Waals surface area contributed by atoms with Gasteiger partial charge in [0.05, 0.1) is 27.2 Å². The Morgan fingerprint density at radius 3 is 2.28 bits per heavy atom. The van der Waals surface area contributed by atoms with Gasteiger partial charge in [-0.15, -0.1) is 6.58 Å². The van der Waals surface area contributed by atoms with E-state index in [1.165, 1.54) is 0 Å². The first-order valence-electron chi connectivity index (χ1n) is 12.5. The molecule has 1 amide bonds. The molecule has 0 N–H and O–H groups in total. The number of benzene rings is 2. The normalized spacial score (nSPS) is 10.8. The minimum Gasteiger partial charge on any atom is -1.00 e. The van der Waals surface area contributed by atoms with E-state index in [1.807, 2.05) is 49.9 Å². The highest BCUT2D eigenvalue weighted by Gasteiger charge is 2.23. The van der Waals surface area contributed by atoms with E-state index < -0.39 is 0 Å². The molecule has 0 aliphatic rings. The molecule has 0 fully saturated rings. The van der Waals surface area contributed by atoms with Crippen LogP contribution >= 0.6 is 0 Å². The maximum absolute atomic E-state index is 12.5. The maximum atomic E-state index is 12.5. The highest BCUT2D eigenvalue weighted by molar-refractivity contribution is 5.95. The number of carbonyl (C=O) groups excluding carboxylic acids is 2. The molecule has 0 bridgehead atoms. The highest BCUT2D eigenvalue weighted by atomic mass is 79.9. The number of hydrogen-bond donors (Lipinski definition) is 0. The second-order valence-corrected chi connectivity index (χ2v) is 9.23. The molecular formula is C29H41BrN2O4. The number of hydrogen-bond acceptors (Lipinski definition) is 4. The van der Waals surface area contributed by atoms with Gasteiger partial charge < -0.3 is 35.8 Å². The summed E-state index contributed by atoms with van der Waals surface area (Å²) in [4.78, 5) is 26.3. The van der Waals surface area contributed by atoms with Crippen molar-refractivity contribution in [2.45, 2.75) is 40.0 Å². The van der Waals surface area contributed by atoms with E-state index in [9.17, 15) is 9.59 Å². The van der Waals surface area contributed by atoms with Crippen molar-refractivity contribution in [3.05, 3.63) is 66.2 Å². The summed E-state index contributed by atoms with van der Waals surface area (Å²) in [5.41, 5.74) is 1.68. The molecule has 0 aliphatic carbocycles. The van der Waals surface area contributed by atoms with E-state index in [1.54, 1.807) is 24.3 Å². The Morgan fingerprint density at radius 2 is 1.69 bits per heavy atom. The summed E-state index contributed by atoms with van der Waals surface area (Å²) in [7, 11) is 4.16. The van der Waals surface area contributed by atoms with E-state index in [2.05, 4.69) is 20.7 Å². The molecule has 0 aliphatic heterocycles. The van der Waals surface area contributed by atoms with Crippen LogP contribution in [0.1, 0.15) is 49.5 Å². The number of ether oxygens (including phenoxy) is 2. The van der Waals surface area contributed by atoms with Crippen LogP contribution in [0.4, 0.5) is 0 Å². The number of rotatable bonds is 15. The van der Waals surface area contributed by atoms with E-state index in [0.717, 1.165) is 31.6 Å². The van der Waals surface area contributed by atoms with Gasteiger partial charge in [-0.25, -0.2) is 0 Å². The smallest absolute Gasteiger partial charge is 0.277 e. The van der Waals surface area contributed by atoms with Crippen LogP contribution in [0.2, 0.25) is 0 Å². The van der Waals surface area contributed by atoms with E-state index in [0.29, 0.717) is 53.3 Å². The van der Waals surface area contributed by atoms with Crippen LogP contribution in [0.15, 0.2) is 55.1 Å². The van der Waals surface area contributed by atoms with E-state index in [4.69, 9.17) is 9.47 Å². The Balaban J connectivity index is 0.00000648. The van der Waals surface area contributed by atoms with Crippen molar-refractivity contribution in [2.75, 3.05) is 46.9 Å². The van der Waals surface area contributed by atoms with Crippen molar-refractivity contribution in [1.82, 2.24) is 4.90 Å². The largest absolute Gasteiger partial charge is 1.00 e. The Hall–Kier alpha value is -2.64. The van der Waals surface area contributed by atoms with Crippen LogP contribution in [0.25, 0.3) is 0 Å². The predicted molar refractivity (Wildman–Crippen MR) is 141 cm³/mol. The van der Waals surface area contributed by atoms with Gasteiger partial charge in [-0.05, 0) is 50.6 Å². The summed E-state index contributed by atoms with van der Waals surface area (Å²) in [5.74, 6) is 2.26. The maximum Gasteiger partial charge on any atom is 0.277 e. The molecule has 2 aromatic rings. The lowest BCUT2D eigenvalue weighted by atomic mass is 10.1. The fourth-order valence-electron chi connectivity index (χ4n) is 3.95. The first-order valence-corrected chi connectivity index (χ1v) is 12.5. The molecule has 2 rings (SSSR count). The second-order valence-electron chi connectivity index (χ2n) is 9.23. The molecule has 0 radical (unpaired) electrons. The van der Waals surface area contributed by atoms with Crippen molar-refractivity contribution in [1.29, 1.82) is 0 Å². The molecule has 198 valence electrons. The highest BCUT2D eigenvalue weighted by Crippen LogP contribution is 2.35. The molecule has 0 unspecified atom stereocenters. The van der Waals surface area contributed by atoms with Crippen molar-refractivity contribution in [3.8, 4) is 17.2 Å². The zero-order valence-corrected chi connectivity index (χ0v) is 24.0. The number of para-hydroxylation sites is 1. The predicted octanol–water partition coefficient (Wildman–Crippen LogP) is 2.52. The molecule has 6 nitrogen and oxygen atoms in total. The summed E-state index contributed by atoms with van der Waals surface area (Å²) in [6, 6.07) is 13.0. The van der Waals surface area contributed by atoms with Crippen LogP contribution < -0.4 is 26.5 Å². The number of likely N-dealkylation sites (N-methyl/N-ethyl adjacent to an activating group) is 2. The number of nitrogens with zero attached hydrogens (tertiary/aromatic N) is 2. The molecule has 0 saturated carbocycles. The lowest BCUT2D eigenvalue weighted by Gasteiger charge is -2.31. The van der Waals surface area contributed by atoms with E-state index in [-0.39, 0.29) is 28.7 Å². The van der Waals surface area contributed by atoms with Gasteiger partial charge in [0.2, 0.25) is 0 Å². The van der Waals surface area contributed by atoms with Gasteiger partial charge >= 0.3 is 0 Å². The lowest BCUT2D eigenvalue weighted by molar-refractivity contribution is -0.882. The Labute approximate surface area is 227 Å². The van der Waals surface area contributed by atoms with Crippen molar-refractivity contribution < 1.29 is 40.5 Å². The van der Waals surface area contributed by atoms with Gasteiger partial charge in [0.15, 0.2) is 23.8 Å². The number of Topliss-reactive ketones (excluding diaryl/α,β-unsaturated/α-hetero) is 1. The second kappa shape index (κ2) is 15.5. The number of quaternary nitrogens is 1. The molecule has 0 spiro atoms. The van der Waals surface area contributed by atoms with E-state index >= 15 is 0 Å². The lowest BCUT2D eigenvalue weighted by Crippen LogP contribution is -3.00. The number of carbonyl (C=O) groups is 2. The zero-order chi connectivity index (χ0) is 25.8. The van der Waals surface area contributed by atoms with Gasteiger partial charge in [0.1, 0.15) is 5.75 Å². The standard InChI is InChI=1S/C29H41N2O4.BrH/c1-7-13-24-14-11-15-27(35-25-18-16-23(17-19-25)26(32)8-2)29(24)34-21-12-20-31(5,6)22-28(33)30(9-3)10-4;/h7,11,14-19H,1,8-10,12-13,20-22H2,2-6H3;1H/q+1;/p-1. The fourth-order valence-corrected chi connectivity index (χ4v) is 3.95. The van der Waals surface area contributed by atoms with Crippen LogP contribution in [-0.2, 0) is 11.2 Å². The Bertz CT molecular complexity index is 985. The average Bonchev–Trinajstić information content (AvgIpc) is 2.83. The fraction of sp³-hybridized carbons (Fsp3) is 0.448. The Morgan fingerprint density at radius 1 is 1.03 bits per heavy atom. The Kier molecular flexibility index (Phi) is 13.5. The summed E-state index contributed by atoms with van der Waals surface area (Å²) in [5, 5.41) is 0. The van der Waals surface area contributed by atoms with Gasteiger partial charge in [0.25, 0.3) is 5.91 Å². The number of allylic oxidation sites excluding steroid dienone is 1. The van der Waals surface area contributed by atoms with Crippen LogP contribution in [-0.4, -0.2) is 68.0 Å². The number of ketones is 1. The SMILES string of the molecule is C=CCc1cccc(Oc2ccc(C(=O)CC)cc2)c1OCCC[N+](C)(C)CC(=O)N(CC)CC.[Br-]. The minimum absolute atomic E-state index is 0. The zero-order valence-electron chi connectivity index (χ0n) is 22.4. The van der Waals surface area contributed by atoms with Gasteiger partial charge in [-0.1, -0.05) is 25.1 Å². The minimum atomic E-state index is 0. The van der Waals surface area contributed by atoms with Crippen LogP contribution in [0, 0.1) is 0 Å². The van der Waals surface area contributed by atoms with Crippen molar-refractivity contribution in [2.24, 2.45) is 0 Å². The van der Waals surface area contributed by atoms with Crippen LogP contribution in [0.5, 0.6) is 17.2 Å². The third kappa shape index (κ3) is 9.43. The molecular weight excluding hydrogens is 520 g/mol. The quantitative estimate of drug-likeness (QED) is 0.145. The molecule has 0 aromatic heterocycles. The summed E-state index contributed by atoms with van der Waals surface area (Å²) in [6.07, 6.45) is 3.78. The number of amides is 1. The average molecular weight is 562 g/mol. The van der Waals surface area contributed by atoms with Gasteiger partial charge in [0, 0.05) is 37.1 Å². The summed E-state index contributed by atoms with van der Waals surface area (Å²) in [6.45, 7) is 13.0. The summed E-state index contributed by atoms with van der Waals surface area (Å²) < 4.78 is 13.0. The third-order valence-corrected chi connectivity index (χ3v) is 5.98. The molecule has 0 atom stereocenters. The first kappa shape index (κ1) is 31.4. The summed E-state index contributed by atoms with van der Waals surface area (Å²) >= 11 is 0. The third-order valence-electron chi connectivity index (χ3n) is 5.98. The molecule has 0 saturated heterocycles. The number of halogens is 1. The van der Waals surface area contributed by atoms with Crippen molar-refractivity contribution in [3.63, 3.8) is 0 Å². The molecule has 0 heterocycles. The topological polar surface area (TPSA) is 55.8 Å². The van der Waals surface area contributed by atoms with Gasteiger partial charge in [-0.2, -0.15) is 0 Å².